The first-order valence-electron chi connectivity index (χ1n) is 6.84. The van der Waals surface area contributed by atoms with Crippen LogP contribution in [0.4, 0.5) is 0 Å². The predicted molar refractivity (Wildman–Crippen MR) is 88.2 cm³/mol. The topological polar surface area (TPSA) is 130 Å². The lowest BCUT2D eigenvalue weighted by Gasteiger charge is -2.10. The minimum absolute atomic E-state index is 0.0450. The van der Waals surface area contributed by atoms with E-state index in [0.29, 0.717) is 10.9 Å². The average Bonchev–Trinajstić information content (AvgIpc) is 2.96. The van der Waals surface area contributed by atoms with E-state index in [-0.39, 0.29) is 21.2 Å². The number of para-hydroxylation sites is 1. The van der Waals surface area contributed by atoms with Crippen molar-refractivity contribution >= 4 is 30.9 Å². The van der Waals surface area contributed by atoms with Crippen LogP contribution >= 0.6 is 0 Å². The number of benzene rings is 2. The highest BCUT2D eigenvalue weighted by Crippen LogP contribution is 2.28. The molecule has 128 valence electrons. The second kappa shape index (κ2) is 5.87. The summed E-state index contributed by atoms with van der Waals surface area (Å²) in [5.74, 6) is -0.294. The Hall–Kier alpha value is -2.90. The molecule has 0 aliphatic rings. The standard InChI is InChI=1S/C15H11N3O5S2/c1-24(19,20)15-5-3-2-4-14(15)23-25(21,22)10-6-7-12-11(8-10)13(9-16)18-17-12/h2-8H,1H3,(H,17,18). The molecule has 0 fully saturated rings. The number of nitriles is 1. The van der Waals surface area contributed by atoms with Gasteiger partial charge in [0.1, 0.15) is 15.9 Å². The maximum absolute atomic E-state index is 12.5. The molecule has 0 amide bonds. The van der Waals surface area contributed by atoms with Crippen molar-refractivity contribution in [3.8, 4) is 11.8 Å². The second-order valence-corrected chi connectivity index (χ2v) is 8.68. The van der Waals surface area contributed by atoms with E-state index in [9.17, 15) is 16.8 Å². The molecule has 0 saturated carbocycles. The minimum Gasteiger partial charge on any atom is -0.378 e. The van der Waals surface area contributed by atoms with E-state index in [1.54, 1.807) is 0 Å². The molecule has 1 aromatic heterocycles. The lowest BCUT2D eigenvalue weighted by atomic mass is 10.2. The molecule has 3 aromatic rings. The normalized spacial score (nSPS) is 12.0. The number of aromatic nitrogens is 2. The van der Waals surface area contributed by atoms with Crippen LogP contribution in [0.1, 0.15) is 5.69 Å². The Labute approximate surface area is 143 Å². The Bertz CT molecular complexity index is 1220. The van der Waals surface area contributed by atoms with Crippen LogP contribution < -0.4 is 4.18 Å². The fourth-order valence-corrected chi connectivity index (χ4v) is 4.05. The van der Waals surface area contributed by atoms with Crippen molar-refractivity contribution in [3.63, 3.8) is 0 Å². The zero-order chi connectivity index (χ0) is 18.2. The summed E-state index contributed by atoms with van der Waals surface area (Å²) in [4.78, 5) is -0.457. The molecule has 0 aliphatic carbocycles. The molecule has 25 heavy (non-hydrogen) atoms. The first-order chi connectivity index (χ1) is 11.7. The van der Waals surface area contributed by atoms with Gasteiger partial charge in [0.05, 0.1) is 5.52 Å². The van der Waals surface area contributed by atoms with Crippen LogP contribution in [0.2, 0.25) is 0 Å². The molecule has 1 heterocycles. The molecule has 10 heteroatoms. The van der Waals surface area contributed by atoms with Gasteiger partial charge in [-0.15, -0.1) is 0 Å². The maximum atomic E-state index is 12.5. The minimum atomic E-state index is -4.31. The number of H-pyrrole nitrogens is 1. The molecule has 2 aromatic carbocycles. The van der Waals surface area contributed by atoms with Crippen molar-refractivity contribution in [1.82, 2.24) is 10.2 Å². The van der Waals surface area contributed by atoms with Gasteiger partial charge in [-0.1, -0.05) is 12.1 Å². The van der Waals surface area contributed by atoms with Gasteiger partial charge < -0.3 is 4.18 Å². The number of hydrogen-bond donors (Lipinski definition) is 1. The molecule has 0 spiro atoms. The van der Waals surface area contributed by atoms with Crippen molar-refractivity contribution in [2.75, 3.05) is 6.26 Å². The van der Waals surface area contributed by atoms with Crippen LogP contribution in [-0.4, -0.2) is 33.3 Å². The molecular formula is C15H11N3O5S2. The highest BCUT2D eigenvalue weighted by atomic mass is 32.2. The number of sulfone groups is 1. The first kappa shape index (κ1) is 16.9. The van der Waals surface area contributed by atoms with E-state index >= 15 is 0 Å². The number of nitrogens with zero attached hydrogens (tertiary/aromatic N) is 2. The van der Waals surface area contributed by atoms with Gasteiger partial charge >= 0.3 is 10.1 Å². The molecule has 8 nitrogen and oxygen atoms in total. The molecular weight excluding hydrogens is 366 g/mol. The summed E-state index contributed by atoms with van der Waals surface area (Å²) >= 11 is 0. The molecule has 0 bridgehead atoms. The summed E-state index contributed by atoms with van der Waals surface area (Å²) in [5.41, 5.74) is 0.538. The fraction of sp³-hybridized carbons (Fsp3) is 0.0667. The van der Waals surface area contributed by atoms with E-state index in [4.69, 9.17) is 9.44 Å². The Kier molecular flexibility index (Phi) is 3.98. The van der Waals surface area contributed by atoms with Crippen molar-refractivity contribution in [2.24, 2.45) is 0 Å². The van der Waals surface area contributed by atoms with Crippen molar-refractivity contribution < 1.29 is 21.0 Å². The summed E-state index contributed by atoms with van der Waals surface area (Å²) < 4.78 is 53.6. The number of rotatable bonds is 4. The third-order valence-corrected chi connectivity index (χ3v) is 5.74. The number of aromatic amines is 1. The first-order valence-corrected chi connectivity index (χ1v) is 10.1. The summed E-state index contributed by atoms with van der Waals surface area (Å²) in [6.07, 6.45) is 0.957. The largest absolute Gasteiger partial charge is 0.378 e. The molecule has 0 atom stereocenters. The lowest BCUT2D eigenvalue weighted by molar-refractivity contribution is 0.479. The summed E-state index contributed by atoms with van der Waals surface area (Å²) in [7, 11) is -7.98. The fourth-order valence-electron chi connectivity index (χ4n) is 2.23. The Morgan fingerprint density at radius 1 is 1.12 bits per heavy atom. The highest BCUT2D eigenvalue weighted by molar-refractivity contribution is 7.91. The van der Waals surface area contributed by atoms with E-state index in [2.05, 4.69) is 10.2 Å². The summed E-state index contributed by atoms with van der Waals surface area (Å²) in [6.45, 7) is 0. The van der Waals surface area contributed by atoms with Crippen molar-refractivity contribution in [2.45, 2.75) is 9.79 Å². The molecule has 3 rings (SSSR count). The molecule has 0 radical (unpaired) electrons. The Morgan fingerprint density at radius 3 is 2.52 bits per heavy atom. The Morgan fingerprint density at radius 2 is 1.84 bits per heavy atom. The van der Waals surface area contributed by atoms with Crippen LogP contribution in [0, 0.1) is 11.3 Å². The van der Waals surface area contributed by atoms with Gasteiger partial charge in [-0.2, -0.15) is 18.8 Å². The van der Waals surface area contributed by atoms with Gasteiger partial charge in [0, 0.05) is 11.6 Å². The number of nitrogens with one attached hydrogen (secondary N) is 1. The van der Waals surface area contributed by atoms with E-state index < -0.39 is 20.0 Å². The number of fused-ring (bicyclic) bond motifs is 1. The van der Waals surface area contributed by atoms with Gasteiger partial charge in [-0.3, -0.25) is 5.10 Å². The van der Waals surface area contributed by atoms with Gasteiger partial charge in [0.2, 0.25) is 0 Å². The summed E-state index contributed by atoms with van der Waals surface area (Å²) in [6, 6.07) is 11.3. The SMILES string of the molecule is CS(=O)(=O)c1ccccc1OS(=O)(=O)c1ccc2[nH]nc(C#N)c2c1. The van der Waals surface area contributed by atoms with Gasteiger partial charge in [-0.25, -0.2) is 8.42 Å². The predicted octanol–water partition coefficient (Wildman–Crippen LogP) is 1.61. The van der Waals surface area contributed by atoms with Gasteiger partial charge in [0.15, 0.2) is 21.3 Å². The van der Waals surface area contributed by atoms with E-state index in [1.165, 1.54) is 42.5 Å². The zero-order valence-electron chi connectivity index (χ0n) is 12.8. The maximum Gasteiger partial charge on any atom is 0.339 e. The quantitative estimate of drug-likeness (QED) is 0.683. The van der Waals surface area contributed by atoms with Crippen LogP contribution in [0.5, 0.6) is 5.75 Å². The zero-order valence-corrected chi connectivity index (χ0v) is 14.4. The molecule has 0 unspecified atom stereocenters. The molecule has 0 saturated heterocycles. The second-order valence-electron chi connectivity index (χ2n) is 5.15. The van der Waals surface area contributed by atoms with Crippen molar-refractivity contribution in [3.05, 3.63) is 48.2 Å². The van der Waals surface area contributed by atoms with Crippen LogP contribution in [0.15, 0.2) is 52.3 Å². The highest BCUT2D eigenvalue weighted by Gasteiger charge is 2.23. The van der Waals surface area contributed by atoms with Crippen LogP contribution in [0.25, 0.3) is 10.9 Å². The van der Waals surface area contributed by atoms with E-state index in [1.807, 2.05) is 6.07 Å². The Balaban J connectivity index is 2.09. The monoisotopic (exact) mass is 377 g/mol. The van der Waals surface area contributed by atoms with Gasteiger partial charge in [0.25, 0.3) is 0 Å². The molecule has 0 aliphatic heterocycles. The molecule has 1 N–H and O–H groups in total. The lowest BCUT2D eigenvalue weighted by Crippen LogP contribution is -2.12. The number of hydrogen-bond acceptors (Lipinski definition) is 7. The van der Waals surface area contributed by atoms with Gasteiger partial charge in [-0.05, 0) is 30.3 Å². The van der Waals surface area contributed by atoms with Crippen LogP contribution in [0.3, 0.4) is 0 Å². The third-order valence-electron chi connectivity index (χ3n) is 3.38. The van der Waals surface area contributed by atoms with E-state index in [0.717, 1.165) is 6.26 Å². The van der Waals surface area contributed by atoms with Crippen LogP contribution in [-0.2, 0) is 20.0 Å². The van der Waals surface area contributed by atoms with Crippen molar-refractivity contribution in [1.29, 1.82) is 5.26 Å². The smallest absolute Gasteiger partial charge is 0.339 e. The third kappa shape index (κ3) is 3.19. The summed E-state index contributed by atoms with van der Waals surface area (Å²) in [5, 5.41) is 15.7. The average molecular weight is 377 g/mol.